The number of aromatic nitrogens is 2. The highest BCUT2D eigenvalue weighted by molar-refractivity contribution is 6.05. The zero-order chi connectivity index (χ0) is 41.0. The van der Waals surface area contributed by atoms with Crippen molar-refractivity contribution < 1.29 is 0 Å². The Kier molecular flexibility index (Phi) is 8.67. The lowest BCUT2D eigenvalue weighted by atomic mass is 9.85. The van der Waals surface area contributed by atoms with E-state index in [0.717, 1.165) is 63.7 Å². The van der Waals surface area contributed by atoms with Crippen molar-refractivity contribution in [1.82, 2.24) is 15.3 Å². The van der Waals surface area contributed by atoms with Crippen LogP contribution in [0, 0.1) is 0 Å². The molecule has 292 valence electrons. The van der Waals surface area contributed by atoms with Crippen molar-refractivity contribution in [3.8, 4) is 44.9 Å². The summed E-state index contributed by atoms with van der Waals surface area (Å²) in [6.45, 7) is 0. The summed E-state index contributed by atoms with van der Waals surface area (Å²) in [7, 11) is 0. The fourth-order valence-electron chi connectivity index (χ4n) is 9.39. The van der Waals surface area contributed by atoms with Crippen LogP contribution in [0.3, 0.4) is 0 Å². The van der Waals surface area contributed by atoms with Crippen LogP contribution in [0.1, 0.15) is 33.9 Å². The van der Waals surface area contributed by atoms with E-state index in [2.05, 4.69) is 206 Å². The molecule has 0 spiro atoms. The van der Waals surface area contributed by atoms with Gasteiger partial charge < -0.3 is 5.32 Å². The van der Waals surface area contributed by atoms with Crippen molar-refractivity contribution in [3.05, 3.63) is 234 Å². The number of fused-ring (bicyclic) bond motifs is 6. The lowest BCUT2D eigenvalue weighted by Crippen LogP contribution is -2.31. The van der Waals surface area contributed by atoms with Crippen LogP contribution in [0.25, 0.3) is 83.0 Å². The Balaban J connectivity index is 0.895. The third-order valence-corrected chi connectivity index (χ3v) is 12.6. The third-order valence-electron chi connectivity index (χ3n) is 12.6. The summed E-state index contributed by atoms with van der Waals surface area (Å²) >= 11 is 0. The summed E-state index contributed by atoms with van der Waals surface area (Å²) < 4.78 is 0. The van der Waals surface area contributed by atoms with E-state index >= 15 is 0 Å². The predicted molar refractivity (Wildman–Crippen MR) is 257 cm³/mol. The molecule has 4 heteroatoms. The van der Waals surface area contributed by atoms with Crippen LogP contribution >= 0.6 is 0 Å². The Bertz CT molecular complexity index is 3410. The number of hydrogen-bond donors (Lipinski definition) is 1. The van der Waals surface area contributed by atoms with Gasteiger partial charge in [0, 0.05) is 22.1 Å². The minimum Gasteiger partial charge on any atom is -0.359 e. The van der Waals surface area contributed by atoms with E-state index < -0.39 is 0 Å². The highest BCUT2D eigenvalue weighted by Crippen LogP contribution is 2.42. The maximum Gasteiger partial charge on any atom is 0.134 e. The van der Waals surface area contributed by atoms with Gasteiger partial charge in [-0.25, -0.2) is 15.0 Å². The van der Waals surface area contributed by atoms with Gasteiger partial charge in [0.25, 0.3) is 0 Å². The molecule has 1 aliphatic heterocycles. The van der Waals surface area contributed by atoms with Gasteiger partial charge in [0.15, 0.2) is 0 Å². The molecular formula is C58H40N4. The first kappa shape index (κ1) is 35.9. The average Bonchev–Trinajstić information content (AvgIpc) is 3.35. The number of aliphatic imine (C=N–C) groups is 1. The molecule has 12 rings (SSSR count). The number of hydrogen-bond acceptors (Lipinski definition) is 4. The first-order valence-electron chi connectivity index (χ1n) is 21.4. The molecule has 62 heavy (non-hydrogen) atoms. The van der Waals surface area contributed by atoms with Crippen molar-refractivity contribution in [2.75, 3.05) is 0 Å². The first-order valence-corrected chi connectivity index (χ1v) is 21.4. The molecule has 0 fully saturated rings. The molecule has 10 aromatic rings. The Hall–Kier alpha value is -7.95. The molecule has 8 aromatic carbocycles. The molecule has 1 unspecified atom stereocenters. The van der Waals surface area contributed by atoms with E-state index in [1.165, 1.54) is 65.9 Å². The predicted octanol–water partition coefficient (Wildman–Crippen LogP) is 13.8. The zero-order valence-corrected chi connectivity index (χ0v) is 34.0. The van der Waals surface area contributed by atoms with Crippen LogP contribution in [0.2, 0.25) is 0 Å². The van der Waals surface area contributed by atoms with Gasteiger partial charge in [-0.05, 0) is 116 Å². The number of nitrogens with zero attached hydrogens (tertiary/aromatic N) is 3. The summed E-state index contributed by atoms with van der Waals surface area (Å²) in [5.41, 5.74) is 16.8. The average molecular weight is 793 g/mol. The van der Waals surface area contributed by atoms with E-state index in [1.54, 1.807) is 0 Å². The van der Waals surface area contributed by atoms with Crippen LogP contribution in [-0.4, -0.2) is 15.8 Å². The Morgan fingerprint density at radius 3 is 1.79 bits per heavy atom. The minimum atomic E-state index is -0.0417. The Morgan fingerprint density at radius 1 is 0.435 bits per heavy atom. The topological polar surface area (TPSA) is 50.2 Å². The van der Waals surface area contributed by atoms with Gasteiger partial charge in [0.05, 0.1) is 34.3 Å². The lowest BCUT2D eigenvalue weighted by Gasteiger charge is -2.25. The van der Waals surface area contributed by atoms with Crippen LogP contribution in [0.15, 0.2) is 211 Å². The van der Waals surface area contributed by atoms with Crippen LogP contribution < -0.4 is 5.32 Å². The number of rotatable bonds is 6. The van der Waals surface area contributed by atoms with Gasteiger partial charge in [0.1, 0.15) is 5.84 Å². The molecule has 2 aliphatic rings. The maximum absolute atomic E-state index is 5.39. The van der Waals surface area contributed by atoms with E-state index in [1.807, 2.05) is 6.07 Å². The van der Waals surface area contributed by atoms with E-state index in [4.69, 9.17) is 15.0 Å². The summed E-state index contributed by atoms with van der Waals surface area (Å²) in [4.78, 5) is 15.9. The van der Waals surface area contributed by atoms with Crippen LogP contribution in [-0.2, 0) is 12.8 Å². The van der Waals surface area contributed by atoms with Crippen molar-refractivity contribution >= 4 is 44.0 Å². The molecule has 0 amide bonds. The minimum absolute atomic E-state index is 0.0417. The zero-order valence-electron chi connectivity index (χ0n) is 34.0. The smallest absolute Gasteiger partial charge is 0.134 e. The Morgan fingerprint density at radius 2 is 1.05 bits per heavy atom. The second kappa shape index (κ2) is 14.9. The molecule has 1 N–H and O–H groups in total. The number of benzene rings is 8. The molecule has 0 bridgehead atoms. The third kappa shape index (κ3) is 6.45. The number of para-hydroxylation sites is 1. The van der Waals surface area contributed by atoms with E-state index in [9.17, 15) is 0 Å². The molecule has 4 nitrogen and oxygen atoms in total. The second-order valence-corrected chi connectivity index (χ2v) is 16.4. The molecule has 0 saturated carbocycles. The second-order valence-electron chi connectivity index (χ2n) is 16.4. The first-order chi connectivity index (χ1) is 30.7. The van der Waals surface area contributed by atoms with Gasteiger partial charge in [-0.15, -0.1) is 0 Å². The van der Waals surface area contributed by atoms with Gasteiger partial charge in [-0.2, -0.15) is 0 Å². The fourth-order valence-corrected chi connectivity index (χ4v) is 9.39. The fraction of sp³-hybridized carbons (Fsp3) is 0.0517. The van der Waals surface area contributed by atoms with Crippen LogP contribution in [0.4, 0.5) is 0 Å². The summed E-state index contributed by atoms with van der Waals surface area (Å²) in [6, 6.07) is 71.5. The van der Waals surface area contributed by atoms with E-state index in [-0.39, 0.29) is 6.04 Å². The Labute approximate surface area is 360 Å². The molecule has 3 heterocycles. The summed E-state index contributed by atoms with van der Waals surface area (Å²) in [5, 5.41) is 9.65. The molecule has 0 saturated heterocycles. The summed E-state index contributed by atoms with van der Waals surface area (Å²) in [5.74, 6) is 0.867. The van der Waals surface area contributed by atoms with Crippen LogP contribution in [0.5, 0.6) is 0 Å². The molecule has 1 aliphatic carbocycles. The van der Waals surface area contributed by atoms with Gasteiger partial charge >= 0.3 is 0 Å². The number of amidine groups is 1. The quantitative estimate of drug-likeness (QED) is 0.171. The normalized spacial score (nSPS) is 14.5. The number of nitrogens with one attached hydrogen (secondary N) is 1. The molecule has 0 radical (unpaired) electrons. The standard InChI is InChI=1S/C58H40N4/c1-4-12-37(13-5-1)38-20-22-39(23-21-38)53-36-54(62-58(61-53)42-16-8-3-9-17-42)46-27-25-44-32-47-34-45(26-24-43(47)33-48(44)35-46)51-31-29-41-28-30-50-55(40-14-6-2-7-15-40)49-18-10-11-19-52(49)60-57(50)56(41)59-51/h1-27,29,31-36,53H,28,30H2,(H,61,62). The lowest BCUT2D eigenvalue weighted by molar-refractivity contribution is 0.781. The largest absolute Gasteiger partial charge is 0.359 e. The number of aryl methyl sites for hydroxylation is 1. The molecule has 1 atom stereocenters. The van der Waals surface area contributed by atoms with Crippen molar-refractivity contribution in [2.24, 2.45) is 4.99 Å². The highest BCUT2D eigenvalue weighted by atomic mass is 15.0. The molecular weight excluding hydrogens is 753 g/mol. The van der Waals surface area contributed by atoms with Crippen molar-refractivity contribution in [3.63, 3.8) is 0 Å². The SMILES string of the molecule is C1=C(c2ccc3cc4cc(-c5ccc6c(n5)-c5nc7ccccc7c(-c7ccccc7)c5CC6)ccc4cc3c2)N=C(c2ccccc2)NC1c1ccc(-c2ccccc2)cc1. The van der Waals surface area contributed by atoms with Crippen molar-refractivity contribution in [1.29, 1.82) is 0 Å². The monoisotopic (exact) mass is 792 g/mol. The van der Waals surface area contributed by atoms with E-state index in [0.29, 0.717) is 0 Å². The maximum atomic E-state index is 5.39. The molecule has 2 aromatic heterocycles. The van der Waals surface area contributed by atoms with Crippen molar-refractivity contribution in [2.45, 2.75) is 18.9 Å². The van der Waals surface area contributed by atoms with Gasteiger partial charge in [-0.1, -0.05) is 164 Å². The van der Waals surface area contributed by atoms with Gasteiger partial charge in [-0.3, -0.25) is 0 Å². The summed E-state index contributed by atoms with van der Waals surface area (Å²) in [6.07, 6.45) is 4.13. The van der Waals surface area contributed by atoms with Gasteiger partial charge in [0.2, 0.25) is 0 Å². The number of pyridine rings is 2. The highest BCUT2D eigenvalue weighted by Gasteiger charge is 2.25.